The topological polar surface area (TPSA) is 73.9 Å². The summed E-state index contributed by atoms with van der Waals surface area (Å²) in [6.45, 7) is 1.91. The molecule has 0 aliphatic carbocycles. The van der Waals surface area contributed by atoms with Crippen LogP contribution in [0, 0.1) is 0 Å². The van der Waals surface area contributed by atoms with Crippen LogP contribution in [0.2, 0.25) is 0 Å². The average molecular weight is 347 g/mol. The molecule has 26 heavy (non-hydrogen) atoms. The van der Waals surface area contributed by atoms with Crippen LogP contribution in [-0.4, -0.2) is 33.9 Å². The average Bonchev–Trinajstić information content (AvgIpc) is 3.24. The molecule has 0 radical (unpaired) electrons. The van der Waals surface area contributed by atoms with Crippen molar-refractivity contribution in [2.45, 2.75) is 19.3 Å². The fourth-order valence-electron chi connectivity index (χ4n) is 3.26. The van der Waals surface area contributed by atoms with Gasteiger partial charge in [-0.2, -0.15) is 0 Å². The summed E-state index contributed by atoms with van der Waals surface area (Å²) in [7, 11) is 0. The molecule has 6 nitrogen and oxygen atoms in total. The summed E-state index contributed by atoms with van der Waals surface area (Å²) in [5.74, 6) is 1.45. The number of benzene rings is 1. The molecule has 1 aromatic carbocycles. The lowest BCUT2D eigenvalue weighted by Crippen LogP contribution is -2.32. The molecule has 0 bridgehead atoms. The number of nitrogens with one attached hydrogen (secondary N) is 2. The maximum atomic E-state index is 12.8. The van der Waals surface area contributed by atoms with Gasteiger partial charge >= 0.3 is 0 Å². The Bertz CT molecular complexity index is 867. The number of carbonyl (C=O) groups is 1. The first-order chi connectivity index (χ1) is 12.8. The van der Waals surface area contributed by atoms with Gasteiger partial charge in [-0.3, -0.25) is 4.79 Å². The third kappa shape index (κ3) is 3.44. The van der Waals surface area contributed by atoms with Gasteiger partial charge in [0, 0.05) is 42.9 Å². The number of nitrogens with zero attached hydrogens (tertiary/aromatic N) is 3. The Kier molecular flexibility index (Phi) is 4.64. The van der Waals surface area contributed by atoms with E-state index in [2.05, 4.69) is 25.2 Å². The minimum Gasteiger partial charge on any atom is -0.356 e. The van der Waals surface area contributed by atoms with Gasteiger partial charge in [-0.15, -0.1) is 0 Å². The zero-order valence-corrected chi connectivity index (χ0v) is 14.5. The first-order valence-corrected chi connectivity index (χ1v) is 8.92. The van der Waals surface area contributed by atoms with E-state index >= 15 is 0 Å². The Labute approximate surface area is 152 Å². The van der Waals surface area contributed by atoms with Crippen LogP contribution < -0.4 is 10.2 Å². The molecule has 3 heterocycles. The lowest BCUT2D eigenvalue weighted by Gasteiger charge is -2.29. The van der Waals surface area contributed by atoms with Gasteiger partial charge in [0.2, 0.25) is 0 Å². The SMILES string of the molecule is O=C(Nc1ccc(-c2ncc[nH]2)cc1)c1cccnc1N1CCCCC1. The maximum absolute atomic E-state index is 12.8. The number of aromatic amines is 1. The number of rotatable bonds is 4. The van der Waals surface area contributed by atoms with E-state index in [0.717, 1.165) is 48.8 Å². The second-order valence-electron chi connectivity index (χ2n) is 6.39. The first kappa shape index (κ1) is 16.3. The summed E-state index contributed by atoms with van der Waals surface area (Å²) >= 11 is 0. The molecule has 6 heteroatoms. The van der Waals surface area contributed by atoms with Crippen LogP contribution in [0.4, 0.5) is 11.5 Å². The summed E-state index contributed by atoms with van der Waals surface area (Å²) in [4.78, 5) is 26.8. The second kappa shape index (κ2) is 7.39. The van der Waals surface area contributed by atoms with Crippen molar-refractivity contribution in [3.8, 4) is 11.4 Å². The summed E-state index contributed by atoms with van der Waals surface area (Å²) in [5, 5.41) is 2.97. The molecule has 3 aromatic rings. The minimum absolute atomic E-state index is 0.135. The number of pyridine rings is 1. The second-order valence-corrected chi connectivity index (χ2v) is 6.39. The molecule has 1 saturated heterocycles. The van der Waals surface area contributed by atoms with Crippen molar-refractivity contribution in [3.63, 3.8) is 0 Å². The molecule has 0 atom stereocenters. The Hall–Kier alpha value is -3.15. The molecule has 4 rings (SSSR count). The van der Waals surface area contributed by atoms with Gasteiger partial charge < -0.3 is 15.2 Å². The highest BCUT2D eigenvalue weighted by Crippen LogP contribution is 2.23. The summed E-state index contributed by atoms with van der Waals surface area (Å²) in [6.07, 6.45) is 8.79. The highest BCUT2D eigenvalue weighted by Gasteiger charge is 2.19. The highest BCUT2D eigenvalue weighted by atomic mass is 16.1. The van der Waals surface area contributed by atoms with Gasteiger partial charge in [0.1, 0.15) is 11.6 Å². The van der Waals surface area contributed by atoms with E-state index in [4.69, 9.17) is 0 Å². The maximum Gasteiger partial charge on any atom is 0.259 e. The van der Waals surface area contributed by atoms with E-state index in [0.29, 0.717) is 5.56 Å². The van der Waals surface area contributed by atoms with Crippen molar-refractivity contribution in [1.82, 2.24) is 15.0 Å². The molecule has 0 spiro atoms. The molecule has 2 N–H and O–H groups in total. The largest absolute Gasteiger partial charge is 0.356 e. The Morgan fingerprint density at radius 1 is 1.00 bits per heavy atom. The van der Waals surface area contributed by atoms with E-state index in [1.54, 1.807) is 18.6 Å². The van der Waals surface area contributed by atoms with E-state index in [1.807, 2.05) is 36.4 Å². The van der Waals surface area contributed by atoms with Crippen molar-refractivity contribution in [2.24, 2.45) is 0 Å². The van der Waals surface area contributed by atoms with Gasteiger partial charge in [0.25, 0.3) is 5.91 Å². The van der Waals surface area contributed by atoms with Crippen molar-refractivity contribution in [2.75, 3.05) is 23.3 Å². The van der Waals surface area contributed by atoms with Crippen LogP contribution in [-0.2, 0) is 0 Å². The number of hydrogen-bond acceptors (Lipinski definition) is 4. The van der Waals surface area contributed by atoms with Crippen LogP contribution in [0.1, 0.15) is 29.6 Å². The third-order valence-corrected chi connectivity index (χ3v) is 4.60. The number of carbonyl (C=O) groups excluding carboxylic acids is 1. The third-order valence-electron chi connectivity index (χ3n) is 4.60. The fourth-order valence-corrected chi connectivity index (χ4v) is 3.26. The summed E-state index contributed by atoms with van der Waals surface area (Å²) in [5.41, 5.74) is 2.34. The van der Waals surface area contributed by atoms with Crippen molar-refractivity contribution < 1.29 is 4.79 Å². The van der Waals surface area contributed by atoms with Crippen molar-refractivity contribution in [1.29, 1.82) is 0 Å². The number of piperidine rings is 1. The molecular weight excluding hydrogens is 326 g/mol. The molecule has 0 saturated carbocycles. The molecule has 0 unspecified atom stereocenters. The van der Waals surface area contributed by atoms with E-state index in [1.165, 1.54) is 6.42 Å². The standard InChI is InChI=1S/C20H21N5O/c26-20(17-5-4-10-23-19(17)25-13-2-1-3-14-25)24-16-8-6-15(7-9-16)18-21-11-12-22-18/h4-12H,1-3,13-14H2,(H,21,22)(H,24,26). The van der Waals surface area contributed by atoms with Crippen molar-refractivity contribution >= 4 is 17.4 Å². The number of anilines is 2. The minimum atomic E-state index is -0.135. The van der Waals surface area contributed by atoms with Crippen LogP contribution in [0.5, 0.6) is 0 Å². The summed E-state index contributed by atoms with van der Waals surface area (Å²) < 4.78 is 0. The zero-order valence-electron chi connectivity index (χ0n) is 14.5. The van der Waals surface area contributed by atoms with Crippen LogP contribution in [0.25, 0.3) is 11.4 Å². The molecule has 1 fully saturated rings. The van der Waals surface area contributed by atoms with Gasteiger partial charge in [0.05, 0.1) is 5.56 Å². The molecular formula is C20H21N5O. The predicted molar refractivity (Wildman–Crippen MR) is 102 cm³/mol. The highest BCUT2D eigenvalue weighted by molar-refractivity contribution is 6.07. The number of H-pyrrole nitrogens is 1. The Balaban J connectivity index is 1.51. The molecule has 1 amide bonds. The number of hydrogen-bond donors (Lipinski definition) is 2. The van der Waals surface area contributed by atoms with Crippen molar-refractivity contribution in [3.05, 3.63) is 60.6 Å². The molecule has 132 valence electrons. The van der Waals surface area contributed by atoms with Gasteiger partial charge in [-0.1, -0.05) is 0 Å². The quantitative estimate of drug-likeness (QED) is 0.754. The van der Waals surface area contributed by atoms with Gasteiger partial charge in [-0.05, 0) is 55.7 Å². The monoisotopic (exact) mass is 347 g/mol. The van der Waals surface area contributed by atoms with E-state index in [-0.39, 0.29) is 5.91 Å². The number of amides is 1. The lowest BCUT2D eigenvalue weighted by molar-refractivity contribution is 0.102. The van der Waals surface area contributed by atoms with Crippen LogP contribution in [0.3, 0.4) is 0 Å². The van der Waals surface area contributed by atoms with E-state index < -0.39 is 0 Å². The Morgan fingerprint density at radius 2 is 1.81 bits per heavy atom. The number of imidazole rings is 1. The lowest BCUT2D eigenvalue weighted by atomic mass is 10.1. The molecule has 1 aliphatic heterocycles. The molecule has 1 aliphatic rings. The van der Waals surface area contributed by atoms with Crippen LogP contribution in [0.15, 0.2) is 55.0 Å². The van der Waals surface area contributed by atoms with E-state index in [9.17, 15) is 4.79 Å². The zero-order chi connectivity index (χ0) is 17.8. The van der Waals surface area contributed by atoms with Gasteiger partial charge in [0.15, 0.2) is 0 Å². The predicted octanol–water partition coefficient (Wildman–Crippen LogP) is 3.71. The fraction of sp³-hybridized carbons (Fsp3) is 0.250. The normalized spacial score (nSPS) is 14.2. The first-order valence-electron chi connectivity index (χ1n) is 8.92. The summed E-state index contributed by atoms with van der Waals surface area (Å²) in [6, 6.07) is 11.3. The molecule has 2 aromatic heterocycles. The van der Waals surface area contributed by atoms with Crippen LogP contribution >= 0.6 is 0 Å². The number of aromatic nitrogens is 3. The van der Waals surface area contributed by atoms with Gasteiger partial charge in [-0.25, -0.2) is 9.97 Å². The smallest absolute Gasteiger partial charge is 0.259 e. The Morgan fingerprint density at radius 3 is 2.54 bits per heavy atom.